The highest BCUT2D eigenvalue weighted by Gasteiger charge is 2.33. The minimum Gasteiger partial charge on any atom is -0.314 e. The average Bonchev–Trinajstić information content (AvgIpc) is 2.93. The third-order valence-electron chi connectivity index (χ3n) is 6.31. The van der Waals surface area contributed by atoms with E-state index in [-0.39, 0.29) is 10.4 Å². The first-order valence-electron chi connectivity index (χ1n) is 10.6. The lowest BCUT2D eigenvalue weighted by Gasteiger charge is -2.37. The van der Waals surface area contributed by atoms with E-state index in [1.54, 1.807) is 12.1 Å². The third-order valence-corrected chi connectivity index (χ3v) is 7.96. The van der Waals surface area contributed by atoms with Crippen LogP contribution in [-0.4, -0.2) is 40.5 Å². The quantitative estimate of drug-likeness (QED) is 0.567. The van der Waals surface area contributed by atoms with Gasteiger partial charge < -0.3 is 5.32 Å². The molecule has 3 aromatic rings. The molecule has 0 saturated heterocycles. The van der Waals surface area contributed by atoms with Crippen molar-refractivity contribution in [3.05, 3.63) is 82.9 Å². The molecule has 1 heterocycles. The van der Waals surface area contributed by atoms with Crippen LogP contribution in [0.15, 0.2) is 71.6 Å². The summed E-state index contributed by atoms with van der Waals surface area (Å²) in [5.74, 6) is 0. The second-order valence-electron chi connectivity index (χ2n) is 8.60. The summed E-state index contributed by atoms with van der Waals surface area (Å²) in [6.07, 6.45) is 0.851. The predicted molar refractivity (Wildman–Crippen MR) is 132 cm³/mol. The molecule has 7 heteroatoms. The second kappa shape index (κ2) is 8.87. The van der Waals surface area contributed by atoms with Gasteiger partial charge in [-0.2, -0.15) is 0 Å². The second-order valence-corrected chi connectivity index (χ2v) is 10.7. The largest absolute Gasteiger partial charge is 0.314 e. The Morgan fingerprint density at radius 3 is 2.22 bits per heavy atom. The molecule has 0 spiro atoms. The predicted octanol–water partition coefficient (Wildman–Crippen LogP) is 4.73. The van der Waals surface area contributed by atoms with E-state index >= 15 is 0 Å². The van der Waals surface area contributed by atoms with Crippen LogP contribution in [0.2, 0.25) is 5.02 Å². The zero-order chi connectivity index (χ0) is 22.9. The van der Waals surface area contributed by atoms with Gasteiger partial charge in [0.15, 0.2) is 0 Å². The fourth-order valence-corrected chi connectivity index (χ4v) is 5.30. The van der Waals surface area contributed by atoms with Crippen LogP contribution in [0.25, 0.3) is 11.1 Å². The van der Waals surface area contributed by atoms with E-state index in [4.69, 9.17) is 11.6 Å². The SMILES string of the molecule is CN(C)C1(C)CNCCc2cc(NS(=O)(=O)c3ccc(-c4ccc(Cl)cc4)cc3)ccc21. The number of sulfonamides is 1. The lowest BCUT2D eigenvalue weighted by Crippen LogP contribution is -2.45. The molecule has 4 rings (SSSR count). The number of halogens is 1. The van der Waals surface area contributed by atoms with Crippen LogP contribution in [0, 0.1) is 0 Å². The first-order chi connectivity index (χ1) is 15.2. The van der Waals surface area contributed by atoms with Crippen LogP contribution in [0.3, 0.4) is 0 Å². The van der Waals surface area contributed by atoms with Gasteiger partial charge in [-0.05, 0) is 92.6 Å². The summed E-state index contributed by atoms with van der Waals surface area (Å²) in [7, 11) is 0.444. The normalized spacial score (nSPS) is 18.8. The number of fused-ring (bicyclic) bond motifs is 1. The van der Waals surface area contributed by atoms with Crippen LogP contribution in [0.5, 0.6) is 0 Å². The molecule has 0 aliphatic carbocycles. The van der Waals surface area contributed by atoms with E-state index in [0.717, 1.165) is 36.2 Å². The van der Waals surface area contributed by atoms with Crippen molar-refractivity contribution in [2.75, 3.05) is 31.9 Å². The van der Waals surface area contributed by atoms with Crippen LogP contribution >= 0.6 is 11.6 Å². The number of likely N-dealkylation sites (N-methyl/N-ethyl adjacent to an activating group) is 1. The van der Waals surface area contributed by atoms with Gasteiger partial charge in [0.2, 0.25) is 0 Å². The molecule has 0 fully saturated rings. The highest BCUT2D eigenvalue weighted by molar-refractivity contribution is 7.92. The summed E-state index contributed by atoms with van der Waals surface area (Å²) in [4.78, 5) is 2.43. The molecule has 0 radical (unpaired) electrons. The number of anilines is 1. The molecule has 1 aliphatic rings. The molecule has 1 unspecified atom stereocenters. The number of hydrogen-bond donors (Lipinski definition) is 2. The summed E-state index contributed by atoms with van der Waals surface area (Å²) < 4.78 is 28.8. The maximum Gasteiger partial charge on any atom is 0.261 e. The molecule has 3 aromatic carbocycles. The van der Waals surface area contributed by atoms with Gasteiger partial charge >= 0.3 is 0 Å². The van der Waals surface area contributed by atoms with Crippen LogP contribution in [0.1, 0.15) is 18.1 Å². The van der Waals surface area contributed by atoms with Crippen molar-refractivity contribution in [2.24, 2.45) is 0 Å². The third kappa shape index (κ3) is 4.55. The summed E-state index contributed by atoms with van der Waals surface area (Å²) >= 11 is 5.95. The fourth-order valence-electron chi connectivity index (χ4n) is 4.12. The molecule has 0 aromatic heterocycles. The molecule has 5 nitrogen and oxygen atoms in total. The van der Waals surface area contributed by atoms with E-state index in [9.17, 15) is 8.42 Å². The first kappa shape index (κ1) is 22.8. The Bertz CT molecular complexity index is 1210. The molecule has 0 bridgehead atoms. The fraction of sp³-hybridized carbons (Fsp3) is 0.280. The Morgan fingerprint density at radius 1 is 0.969 bits per heavy atom. The smallest absolute Gasteiger partial charge is 0.261 e. The molecule has 0 amide bonds. The van der Waals surface area contributed by atoms with Crippen molar-refractivity contribution in [1.82, 2.24) is 10.2 Å². The molecule has 1 atom stereocenters. The van der Waals surface area contributed by atoms with E-state index in [0.29, 0.717) is 10.7 Å². The van der Waals surface area contributed by atoms with Crippen LogP contribution in [-0.2, 0) is 22.0 Å². The average molecular weight is 470 g/mol. The van der Waals surface area contributed by atoms with Gasteiger partial charge in [0.1, 0.15) is 0 Å². The Kier molecular flexibility index (Phi) is 6.32. The molecule has 168 valence electrons. The summed E-state index contributed by atoms with van der Waals surface area (Å²) in [6, 6.07) is 20.2. The Morgan fingerprint density at radius 2 is 1.59 bits per heavy atom. The summed E-state index contributed by atoms with van der Waals surface area (Å²) in [5, 5.41) is 4.16. The highest BCUT2D eigenvalue weighted by atomic mass is 35.5. The van der Waals surface area contributed by atoms with Crippen molar-refractivity contribution < 1.29 is 8.42 Å². The minimum absolute atomic E-state index is 0.152. The first-order valence-corrected chi connectivity index (χ1v) is 12.5. The van der Waals surface area contributed by atoms with Crippen molar-refractivity contribution in [2.45, 2.75) is 23.8 Å². The van der Waals surface area contributed by atoms with Gasteiger partial charge in [-0.25, -0.2) is 8.42 Å². The van der Waals surface area contributed by atoms with Gasteiger partial charge in [0.05, 0.1) is 10.4 Å². The standard InChI is InChI=1S/C25H28ClN3O2S/c1-25(29(2)3)17-27-15-14-20-16-22(10-13-24(20)25)28-32(30,31)23-11-6-19(7-12-23)18-4-8-21(26)9-5-18/h4-13,16,27-28H,14-15,17H2,1-3H3. The molecule has 2 N–H and O–H groups in total. The van der Waals surface area contributed by atoms with Gasteiger partial charge in [0.25, 0.3) is 10.0 Å². The van der Waals surface area contributed by atoms with Gasteiger partial charge in [0, 0.05) is 17.3 Å². The van der Waals surface area contributed by atoms with E-state index < -0.39 is 10.0 Å². The maximum atomic E-state index is 13.0. The highest BCUT2D eigenvalue weighted by Crippen LogP contribution is 2.33. The monoisotopic (exact) mass is 469 g/mol. The zero-order valence-corrected chi connectivity index (χ0v) is 20.1. The minimum atomic E-state index is -3.70. The number of nitrogens with zero attached hydrogens (tertiary/aromatic N) is 1. The number of benzene rings is 3. The number of nitrogens with one attached hydrogen (secondary N) is 2. The van der Waals surface area contributed by atoms with Crippen molar-refractivity contribution in [3.63, 3.8) is 0 Å². The zero-order valence-electron chi connectivity index (χ0n) is 18.5. The van der Waals surface area contributed by atoms with Crippen LogP contribution in [0.4, 0.5) is 5.69 Å². The molecule has 32 heavy (non-hydrogen) atoms. The van der Waals surface area contributed by atoms with Gasteiger partial charge in [-0.1, -0.05) is 41.9 Å². The van der Waals surface area contributed by atoms with E-state index in [1.165, 1.54) is 5.56 Å². The van der Waals surface area contributed by atoms with Crippen molar-refractivity contribution in [3.8, 4) is 11.1 Å². The van der Waals surface area contributed by atoms with Crippen molar-refractivity contribution >= 4 is 27.3 Å². The number of rotatable bonds is 5. The maximum absolute atomic E-state index is 13.0. The van der Waals surface area contributed by atoms with Gasteiger partial charge in [-0.15, -0.1) is 0 Å². The lowest BCUT2D eigenvalue weighted by molar-refractivity contribution is 0.173. The van der Waals surface area contributed by atoms with Gasteiger partial charge in [-0.3, -0.25) is 9.62 Å². The topological polar surface area (TPSA) is 61.4 Å². The summed E-state index contributed by atoms with van der Waals surface area (Å²) in [6.45, 7) is 3.91. The Hall–Kier alpha value is -2.38. The van der Waals surface area contributed by atoms with Crippen molar-refractivity contribution in [1.29, 1.82) is 0 Å². The molecular weight excluding hydrogens is 442 g/mol. The number of hydrogen-bond acceptors (Lipinski definition) is 4. The Balaban J connectivity index is 1.58. The molecule has 0 saturated carbocycles. The molecular formula is C25H28ClN3O2S. The van der Waals surface area contributed by atoms with E-state index in [1.807, 2.05) is 54.6 Å². The molecule has 1 aliphatic heterocycles. The summed E-state index contributed by atoms with van der Waals surface area (Å²) in [5.41, 5.74) is 4.72. The lowest BCUT2D eigenvalue weighted by atomic mass is 9.87. The van der Waals surface area contributed by atoms with E-state index in [2.05, 4.69) is 36.0 Å². The van der Waals surface area contributed by atoms with Crippen LogP contribution < -0.4 is 10.0 Å². The Labute approximate surface area is 195 Å².